The molecule has 2 N–H and O–H groups in total. The summed E-state index contributed by atoms with van der Waals surface area (Å²) >= 11 is 0. The van der Waals surface area contributed by atoms with Crippen LogP contribution in [0.1, 0.15) is 59.8 Å². The lowest BCUT2D eigenvalue weighted by Crippen LogP contribution is -2.46. The molecule has 0 aromatic rings. The summed E-state index contributed by atoms with van der Waals surface area (Å²) in [7, 11) is 0. The van der Waals surface area contributed by atoms with E-state index < -0.39 is 11.4 Å². The molecule has 0 rings (SSSR count). The fraction of sp³-hybridized carbons (Fsp3) is 0.846. The number of hydrogen-bond acceptors (Lipinski definition) is 2. The second kappa shape index (κ2) is 7.30. The van der Waals surface area contributed by atoms with Gasteiger partial charge in [0.15, 0.2) is 0 Å². The van der Waals surface area contributed by atoms with Crippen LogP contribution in [0, 0.1) is 5.41 Å². The lowest BCUT2D eigenvalue weighted by atomic mass is 9.91. The van der Waals surface area contributed by atoms with Crippen molar-refractivity contribution in [1.29, 1.82) is 0 Å². The van der Waals surface area contributed by atoms with E-state index in [0.29, 0.717) is 0 Å². The smallest absolute Gasteiger partial charge is 0.318 e. The summed E-state index contributed by atoms with van der Waals surface area (Å²) < 4.78 is 0. The van der Waals surface area contributed by atoms with Crippen LogP contribution in [0.15, 0.2) is 0 Å². The van der Waals surface area contributed by atoms with E-state index in [1.807, 2.05) is 0 Å². The van der Waals surface area contributed by atoms with Gasteiger partial charge in [-0.05, 0) is 26.7 Å². The molecule has 0 aliphatic rings. The van der Waals surface area contributed by atoms with E-state index in [1.165, 1.54) is 13.8 Å². The summed E-state index contributed by atoms with van der Waals surface area (Å²) in [6.45, 7) is 7.04. The fourth-order valence-corrected chi connectivity index (χ4v) is 1.55. The van der Waals surface area contributed by atoms with Crippen molar-refractivity contribution < 1.29 is 14.7 Å². The fourth-order valence-electron chi connectivity index (χ4n) is 1.55. The second-order valence-electron chi connectivity index (χ2n) is 5.03. The van der Waals surface area contributed by atoms with Gasteiger partial charge in [-0.1, -0.05) is 33.1 Å². The molecule has 0 fully saturated rings. The van der Waals surface area contributed by atoms with E-state index in [-0.39, 0.29) is 11.9 Å². The highest BCUT2D eigenvalue weighted by molar-refractivity contribution is 6.01. The van der Waals surface area contributed by atoms with Crippen molar-refractivity contribution in [3.63, 3.8) is 0 Å². The van der Waals surface area contributed by atoms with E-state index in [9.17, 15) is 9.59 Å². The zero-order chi connectivity index (χ0) is 13.5. The molecule has 1 amide bonds. The average Bonchev–Trinajstić information content (AvgIpc) is 2.25. The number of amides is 1. The van der Waals surface area contributed by atoms with E-state index in [2.05, 4.69) is 19.2 Å². The van der Waals surface area contributed by atoms with Crippen molar-refractivity contribution in [2.75, 3.05) is 0 Å². The predicted octanol–water partition coefficient (Wildman–Crippen LogP) is 2.57. The van der Waals surface area contributed by atoms with E-state index >= 15 is 0 Å². The van der Waals surface area contributed by atoms with Crippen LogP contribution in [0.25, 0.3) is 0 Å². The highest BCUT2D eigenvalue weighted by atomic mass is 16.4. The van der Waals surface area contributed by atoms with Crippen LogP contribution >= 0.6 is 0 Å². The molecule has 0 aromatic heterocycles. The normalized spacial score (nSPS) is 13.2. The minimum Gasteiger partial charge on any atom is -0.480 e. The van der Waals surface area contributed by atoms with E-state index in [0.717, 1.165) is 32.1 Å². The Hall–Kier alpha value is -1.06. The van der Waals surface area contributed by atoms with Crippen molar-refractivity contribution in [2.24, 2.45) is 5.41 Å². The van der Waals surface area contributed by atoms with Gasteiger partial charge in [0.05, 0.1) is 0 Å². The van der Waals surface area contributed by atoms with Crippen molar-refractivity contribution in [2.45, 2.75) is 65.8 Å². The Bertz CT molecular complexity index is 261. The van der Waals surface area contributed by atoms with Crippen LogP contribution in [0.2, 0.25) is 0 Å². The Kier molecular flexibility index (Phi) is 6.85. The molecular weight excluding hydrogens is 218 g/mol. The number of unbranched alkanes of at least 4 members (excludes halogenated alkanes) is 1. The van der Waals surface area contributed by atoms with Crippen molar-refractivity contribution in [3.8, 4) is 0 Å². The van der Waals surface area contributed by atoms with Crippen LogP contribution < -0.4 is 5.32 Å². The molecule has 4 heteroatoms. The van der Waals surface area contributed by atoms with Crippen LogP contribution in [0.3, 0.4) is 0 Å². The predicted molar refractivity (Wildman–Crippen MR) is 67.8 cm³/mol. The number of carbonyl (C=O) groups is 2. The molecule has 0 spiro atoms. The first-order valence-corrected chi connectivity index (χ1v) is 6.40. The minimum atomic E-state index is -1.35. The van der Waals surface area contributed by atoms with Gasteiger partial charge in [0.25, 0.3) is 0 Å². The molecule has 17 heavy (non-hydrogen) atoms. The molecule has 0 saturated heterocycles. The summed E-state index contributed by atoms with van der Waals surface area (Å²) in [5, 5.41) is 11.8. The van der Waals surface area contributed by atoms with Gasteiger partial charge in [-0.15, -0.1) is 0 Å². The summed E-state index contributed by atoms with van der Waals surface area (Å²) in [6.07, 6.45) is 4.95. The van der Waals surface area contributed by atoms with Crippen LogP contribution in [0.5, 0.6) is 0 Å². The van der Waals surface area contributed by atoms with Crippen LogP contribution in [0.4, 0.5) is 0 Å². The first-order chi connectivity index (χ1) is 7.86. The number of carboxylic acid groups (broad SMARTS) is 1. The maximum Gasteiger partial charge on any atom is 0.318 e. The summed E-state index contributed by atoms with van der Waals surface area (Å²) in [6, 6.07) is 0.103. The maximum atomic E-state index is 11.9. The highest BCUT2D eigenvalue weighted by Gasteiger charge is 2.36. The average molecular weight is 243 g/mol. The number of hydrogen-bond donors (Lipinski definition) is 2. The molecule has 0 saturated carbocycles. The quantitative estimate of drug-likeness (QED) is 0.644. The van der Waals surface area contributed by atoms with Gasteiger partial charge < -0.3 is 10.4 Å². The second-order valence-corrected chi connectivity index (χ2v) is 5.03. The van der Waals surface area contributed by atoms with Gasteiger partial charge in [-0.2, -0.15) is 0 Å². The number of carbonyl (C=O) groups excluding carboxylic acids is 1. The third-order valence-corrected chi connectivity index (χ3v) is 2.98. The SMILES string of the molecule is CCCCC(CCC)NC(=O)C(C)(C)C(=O)O. The highest BCUT2D eigenvalue weighted by Crippen LogP contribution is 2.17. The monoisotopic (exact) mass is 243 g/mol. The van der Waals surface area contributed by atoms with Gasteiger partial charge in [-0.3, -0.25) is 9.59 Å². The zero-order valence-corrected chi connectivity index (χ0v) is 11.4. The van der Waals surface area contributed by atoms with E-state index in [4.69, 9.17) is 5.11 Å². The Labute approximate surface area is 104 Å². The lowest BCUT2D eigenvalue weighted by molar-refractivity contribution is -0.153. The molecule has 0 aromatic carbocycles. The Morgan fingerprint density at radius 2 is 1.76 bits per heavy atom. The maximum absolute atomic E-state index is 11.9. The first kappa shape index (κ1) is 15.9. The van der Waals surface area contributed by atoms with Crippen LogP contribution in [-0.2, 0) is 9.59 Å². The molecular formula is C13H25NO3. The molecule has 0 aliphatic carbocycles. The standard InChI is InChI=1S/C13H25NO3/c1-5-7-9-10(8-6-2)14-11(15)13(3,4)12(16)17/h10H,5-9H2,1-4H3,(H,14,15)(H,16,17). The number of nitrogens with one attached hydrogen (secondary N) is 1. The molecule has 0 bridgehead atoms. The molecule has 1 unspecified atom stereocenters. The summed E-state index contributed by atoms with van der Waals surface area (Å²) in [4.78, 5) is 22.8. The Morgan fingerprint density at radius 3 is 2.18 bits per heavy atom. The number of carboxylic acids is 1. The van der Waals surface area contributed by atoms with Crippen molar-refractivity contribution >= 4 is 11.9 Å². The van der Waals surface area contributed by atoms with Gasteiger partial charge in [0.1, 0.15) is 5.41 Å². The molecule has 1 atom stereocenters. The topological polar surface area (TPSA) is 66.4 Å². The molecule has 100 valence electrons. The third kappa shape index (κ3) is 5.20. The lowest BCUT2D eigenvalue weighted by Gasteiger charge is -2.24. The summed E-state index contributed by atoms with van der Waals surface area (Å²) in [5.41, 5.74) is -1.35. The van der Waals surface area contributed by atoms with Gasteiger partial charge in [-0.25, -0.2) is 0 Å². The van der Waals surface area contributed by atoms with E-state index in [1.54, 1.807) is 0 Å². The third-order valence-electron chi connectivity index (χ3n) is 2.98. The van der Waals surface area contributed by atoms with Crippen molar-refractivity contribution in [1.82, 2.24) is 5.32 Å². The largest absolute Gasteiger partial charge is 0.480 e. The van der Waals surface area contributed by atoms with Crippen molar-refractivity contribution in [3.05, 3.63) is 0 Å². The summed E-state index contributed by atoms with van der Waals surface area (Å²) in [5.74, 6) is -1.47. The number of rotatable bonds is 8. The van der Waals surface area contributed by atoms with Gasteiger partial charge in [0, 0.05) is 6.04 Å². The first-order valence-electron chi connectivity index (χ1n) is 6.40. The van der Waals surface area contributed by atoms with Gasteiger partial charge in [0.2, 0.25) is 5.91 Å². The van der Waals surface area contributed by atoms with Crippen LogP contribution in [-0.4, -0.2) is 23.0 Å². The molecule has 4 nitrogen and oxygen atoms in total. The molecule has 0 heterocycles. The Balaban J connectivity index is 4.43. The number of aliphatic carboxylic acids is 1. The molecule has 0 radical (unpaired) electrons. The van der Waals surface area contributed by atoms with Gasteiger partial charge >= 0.3 is 5.97 Å². The minimum absolute atomic E-state index is 0.103. The molecule has 0 aliphatic heterocycles. The Morgan fingerprint density at radius 1 is 1.18 bits per heavy atom. The zero-order valence-electron chi connectivity index (χ0n) is 11.4.